The lowest BCUT2D eigenvalue weighted by atomic mass is 10.1. The van der Waals surface area contributed by atoms with Crippen molar-refractivity contribution in [1.82, 2.24) is 5.32 Å². The summed E-state index contributed by atoms with van der Waals surface area (Å²) in [5.41, 5.74) is 2.42. The van der Waals surface area contributed by atoms with Gasteiger partial charge >= 0.3 is 0 Å². The Labute approximate surface area is 108 Å². The Kier molecular flexibility index (Phi) is 3.28. The topological polar surface area (TPSA) is 33.7 Å². The molecule has 0 atom stereocenters. The summed E-state index contributed by atoms with van der Waals surface area (Å²) in [5, 5.41) is 3.37. The number of hydrogen-bond acceptors (Lipinski definition) is 4. The Morgan fingerprint density at radius 1 is 1.11 bits per heavy atom. The number of nitrogens with one attached hydrogen (secondary N) is 1. The summed E-state index contributed by atoms with van der Waals surface area (Å²) in [6.45, 7) is 7.58. The fourth-order valence-corrected chi connectivity index (χ4v) is 2.61. The fourth-order valence-electron chi connectivity index (χ4n) is 2.61. The molecule has 0 spiro atoms. The van der Waals surface area contributed by atoms with Gasteiger partial charge in [-0.05, 0) is 18.1 Å². The normalized spacial score (nSPS) is 18.8. The lowest BCUT2D eigenvalue weighted by Crippen LogP contribution is -2.43. The summed E-state index contributed by atoms with van der Waals surface area (Å²) in [6.07, 6.45) is 0.980. The standard InChI is InChI=1S/C14H20N2O2/c1-2-11-3-4-12(16-7-5-15-6-8-16)14-13(11)17-9-10-18-14/h3-4,15H,2,5-10H2,1H3. The molecule has 0 aromatic heterocycles. The van der Waals surface area contributed by atoms with Crippen LogP contribution in [-0.4, -0.2) is 39.4 Å². The van der Waals surface area contributed by atoms with Crippen LogP contribution < -0.4 is 19.7 Å². The molecule has 4 nitrogen and oxygen atoms in total. The Morgan fingerprint density at radius 2 is 1.83 bits per heavy atom. The van der Waals surface area contributed by atoms with Gasteiger partial charge in [-0.15, -0.1) is 0 Å². The van der Waals surface area contributed by atoms with E-state index in [-0.39, 0.29) is 0 Å². The number of ether oxygens (including phenoxy) is 2. The second-order valence-corrected chi connectivity index (χ2v) is 4.69. The van der Waals surface area contributed by atoms with E-state index in [4.69, 9.17) is 9.47 Å². The molecule has 1 N–H and O–H groups in total. The van der Waals surface area contributed by atoms with Gasteiger partial charge in [-0.1, -0.05) is 13.0 Å². The number of piperazine rings is 1. The molecular formula is C14H20N2O2. The van der Waals surface area contributed by atoms with Gasteiger partial charge in [0.2, 0.25) is 0 Å². The Morgan fingerprint density at radius 3 is 2.56 bits per heavy atom. The molecule has 2 heterocycles. The van der Waals surface area contributed by atoms with E-state index in [1.54, 1.807) is 0 Å². The van der Waals surface area contributed by atoms with E-state index in [1.807, 2.05) is 0 Å². The summed E-state index contributed by atoms with van der Waals surface area (Å²) in [7, 11) is 0. The molecule has 3 rings (SSSR count). The van der Waals surface area contributed by atoms with Crippen LogP contribution in [0.2, 0.25) is 0 Å². The van der Waals surface area contributed by atoms with Crippen molar-refractivity contribution in [1.29, 1.82) is 0 Å². The zero-order valence-electron chi connectivity index (χ0n) is 10.9. The van der Waals surface area contributed by atoms with E-state index in [0.717, 1.165) is 44.1 Å². The van der Waals surface area contributed by atoms with Gasteiger partial charge in [0.25, 0.3) is 0 Å². The van der Waals surface area contributed by atoms with Gasteiger partial charge < -0.3 is 19.7 Å². The number of nitrogens with zero attached hydrogens (tertiary/aromatic N) is 1. The van der Waals surface area contributed by atoms with E-state index >= 15 is 0 Å². The smallest absolute Gasteiger partial charge is 0.184 e. The van der Waals surface area contributed by atoms with Gasteiger partial charge in [0, 0.05) is 26.2 Å². The van der Waals surface area contributed by atoms with Crippen molar-refractivity contribution in [2.75, 3.05) is 44.3 Å². The maximum Gasteiger partial charge on any atom is 0.184 e. The van der Waals surface area contributed by atoms with E-state index in [2.05, 4.69) is 29.3 Å². The van der Waals surface area contributed by atoms with Crippen molar-refractivity contribution >= 4 is 5.69 Å². The van der Waals surface area contributed by atoms with Crippen LogP contribution in [0.25, 0.3) is 0 Å². The molecule has 0 amide bonds. The third kappa shape index (κ3) is 2.01. The number of anilines is 1. The minimum absolute atomic E-state index is 0.652. The fraction of sp³-hybridized carbons (Fsp3) is 0.571. The van der Waals surface area contributed by atoms with Crippen LogP contribution in [-0.2, 0) is 6.42 Å². The van der Waals surface area contributed by atoms with Crippen LogP contribution in [0.1, 0.15) is 12.5 Å². The molecule has 0 unspecified atom stereocenters. The molecule has 18 heavy (non-hydrogen) atoms. The lowest BCUT2D eigenvalue weighted by Gasteiger charge is -2.33. The number of rotatable bonds is 2. The van der Waals surface area contributed by atoms with Crippen LogP contribution in [0.5, 0.6) is 11.5 Å². The van der Waals surface area contributed by atoms with Crippen molar-refractivity contribution in [2.24, 2.45) is 0 Å². The SMILES string of the molecule is CCc1ccc(N2CCNCC2)c2c1OCCO2. The van der Waals surface area contributed by atoms with Crippen molar-refractivity contribution in [3.8, 4) is 11.5 Å². The second kappa shape index (κ2) is 5.06. The molecule has 98 valence electrons. The lowest BCUT2D eigenvalue weighted by molar-refractivity contribution is 0.170. The van der Waals surface area contributed by atoms with Gasteiger partial charge in [0.15, 0.2) is 11.5 Å². The zero-order valence-corrected chi connectivity index (χ0v) is 10.9. The monoisotopic (exact) mass is 248 g/mol. The Bertz CT molecular complexity index is 428. The summed E-state index contributed by atoms with van der Waals surface area (Å²) in [4.78, 5) is 2.38. The van der Waals surface area contributed by atoms with E-state index in [1.165, 1.54) is 11.3 Å². The van der Waals surface area contributed by atoms with Crippen molar-refractivity contribution in [2.45, 2.75) is 13.3 Å². The second-order valence-electron chi connectivity index (χ2n) is 4.69. The average Bonchev–Trinajstić information content (AvgIpc) is 2.47. The highest BCUT2D eigenvalue weighted by Gasteiger charge is 2.23. The van der Waals surface area contributed by atoms with Gasteiger partial charge in [-0.25, -0.2) is 0 Å². The largest absolute Gasteiger partial charge is 0.486 e. The predicted molar refractivity (Wildman–Crippen MR) is 71.9 cm³/mol. The number of benzene rings is 1. The highest BCUT2D eigenvalue weighted by Crippen LogP contribution is 2.42. The number of aryl methyl sites for hydroxylation is 1. The van der Waals surface area contributed by atoms with E-state index < -0.39 is 0 Å². The van der Waals surface area contributed by atoms with Gasteiger partial charge in [-0.3, -0.25) is 0 Å². The van der Waals surface area contributed by atoms with Crippen molar-refractivity contribution in [3.05, 3.63) is 17.7 Å². The molecule has 1 aromatic carbocycles. The predicted octanol–water partition coefficient (Wildman–Crippen LogP) is 1.43. The van der Waals surface area contributed by atoms with E-state index in [0.29, 0.717) is 13.2 Å². The first-order valence-electron chi connectivity index (χ1n) is 6.77. The Hall–Kier alpha value is -1.42. The van der Waals surface area contributed by atoms with Crippen LogP contribution in [0.15, 0.2) is 12.1 Å². The first kappa shape index (κ1) is 11.7. The molecular weight excluding hydrogens is 228 g/mol. The quantitative estimate of drug-likeness (QED) is 0.858. The summed E-state index contributed by atoms with van der Waals surface area (Å²) < 4.78 is 11.7. The molecule has 0 bridgehead atoms. The molecule has 0 saturated carbocycles. The Balaban J connectivity index is 1.98. The van der Waals surface area contributed by atoms with Crippen molar-refractivity contribution < 1.29 is 9.47 Å². The molecule has 0 radical (unpaired) electrons. The number of hydrogen-bond donors (Lipinski definition) is 1. The molecule has 2 aliphatic rings. The molecule has 4 heteroatoms. The van der Waals surface area contributed by atoms with Crippen LogP contribution in [0.4, 0.5) is 5.69 Å². The zero-order chi connectivity index (χ0) is 12.4. The first-order chi connectivity index (χ1) is 8.90. The third-order valence-corrected chi connectivity index (χ3v) is 3.59. The van der Waals surface area contributed by atoms with E-state index in [9.17, 15) is 0 Å². The molecule has 1 saturated heterocycles. The van der Waals surface area contributed by atoms with Gasteiger partial charge in [0.05, 0.1) is 5.69 Å². The third-order valence-electron chi connectivity index (χ3n) is 3.59. The number of fused-ring (bicyclic) bond motifs is 1. The van der Waals surface area contributed by atoms with Gasteiger partial charge in [-0.2, -0.15) is 0 Å². The molecule has 2 aliphatic heterocycles. The summed E-state index contributed by atoms with van der Waals surface area (Å²) >= 11 is 0. The molecule has 1 aromatic rings. The highest BCUT2D eigenvalue weighted by atomic mass is 16.6. The minimum atomic E-state index is 0.652. The highest BCUT2D eigenvalue weighted by molar-refractivity contribution is 5.68. The average molecular weight is 248 g/mol. The van der Waals surface area contributed by atoms with Crippen molar-refractivity contribution in [3.63, 3.8) is 0 Å². The minimum Gasteiger partial charge on any atom is -0.486 e. The molecule has 0 aliphatic carbocycles. The van der Waals surface area contributed by atoms with Gasteiger partial charge in [0.1, 0.15) is 13.2 Å². The van der Waals surface area contributed by atoms with Crippen LogP contribution >= 0.6 is 0 Å². The maximum atomic E-state index is 5.86. The summed E-state index contributed by atoms with van der Waals surface area (Å²) in [6, 6.07) is 4.35. The van der Waals surface area contributed by atoms with Crippen LogP contribution in [0.3, 0.4) is 0 Å². The maximum absolute atomic E-state index is 5.86. The summed E-state index contributed by atoms with van der Waals surface area (Å²) in [5.74, 6) is 1.90. The van der Waals surface area contributed by atoms with Crippen LogP contribution in [0, 0.1) is 0 Å². The first-order valence-corrected chi connectivity index (χ1v) is 6.77. The molecule has 1 fully saturated rings.